The number of amides is 2. The van der Waals surface area contributed by atoms with Crippen molar-refractivity contribution < 1.29 is 14.1 Å². The van der Waals surface area contributed by atoms with Gasteiger partial charge in [0.25, 0.3) is 0 Å². The van der Waals surface area contributed by atoms with Crippen LogP contribution in [-0.2, 0) is 0 Å². The summed E-state index contributed by atoms with van der Waals surface area (Å²) in [5.74, 6) is 1.77. The second-order valence-electron chi connectivity index (χ2n) is 7.19. The van der Waals surface area contributed by atoms with E-state index in [1.54, 1.807) is 12.0 Å². The number of anilines is 1. The van der Waals surface area contributed by atoms with E-state index < -0.39 is 0 Å². The largest absolute Gasteiger partial charge is 0.497 e. The Balaban J connectivity index is 1.52. The molecule has 0 saturated carbocycles. The van der Waals surface area contributed by atoms with Crippen LogP contribution in [0.1, 0.15) is 36.8 Å². The lowest BCUT2D eigenvalue weighted by Crippen LogP contribution is -2.41. The number of aromatic nitrogens is 2. The highest BCUT2D eigenvalue weighted by molar-refractivity contribution is 5.89. The molecular weight excluding hydrogens is 368 g/mol. The average molecular weight is 392 g/mol. The van der Waals surface area contributed by atoms with E-state index in [1.165, 1.54) is 0 Å². The van der Waals surface area contributed by atoms with Crippen LogP contribution in [0.15, 0.2) is 53.1 Å². The van der Waals surface area contributed by atoms with E-state index in [0.717, 1.165) is 36.1 Å². The van der Waals surface area contributed by atoms with Crippen molar-refractivity contribution in [2.24, 2.45) is 0 Å². The first kappa shape index (κ1) is 19.0. The van der Waals surface area contributed by atoms with E-state index in [-0.39, 0.29) is 12.1 Å². The third-order valence-corrected chi connectivity index (χ3v) is 5.11. The molecule has 2 aromatic carbocycles. The van der Waals surface area contributed by atoms with Crippen molar-refractivity contribution in [1.29, 1.82) is 0 Å². The lowest BCUT2D eigenvalue weighted by molar-refractivity contribution is 0.142. The van der Waals surface area contributed by atoms with Gasteiger partial charge in [0.2, 0.25) is 11.7 Å². The van der Waals surface area contributed by atoms with Gasteiger partial charge in [0.05, 0.1) is 7.11 Å². The third kappa shape index (κ3) is 4.23. The summed E-state index contributed by atoms with van der Waals surface area (Å²) in [6.45, 7) is 2.67. The number of piperidine rings is 1. The molecule has 3 aromatic rings. The molecule has 0 radical (unpaired) electrons. The SMILES string of the molecule is COc1ccc(NC(=O)N2CCCC[C@@H]2c2nc(-c3cccc(C)c3)no2)cc1. The summed E-state index contributed by atoms with van der Waals surface area (Å²) in [6.07, 6.45) is 2.76. The molecule has 0 bridgehead atoms. The molecule has 2 heterocycles. The molecule has 1 fully saturated rings. The van der Waals surface area contributed by atoms with E-state index >= 15 is 0 Å². The third-order valence-electron chi connectivity index (χ3n) is 5.11. The predicted octanol–water partition coefficient (Wildman–Crippen LogP) is 4.81. The molecule has 150 valence electrons. The summed E-state index contributed by atoms with van der Waals surface area (Å²) in [7, 11) is 1.61. The highest BCUT2D eigenvalue weighted by atomic mass is 16.5. The normalized spacial score (nSPS) is 16.5. The first-order valence-corrected chi connectivity index (χ1v) is 9.76. The Hall–Kier alpha value is -3.35. The predicted molar refractivity (Wildman–Crippen MR) is 110 cm³/mol. The van der Waals surface area contributed by atoms with Gasteiger partial charge in [-0.05, 0) is 56.5 Å². The Morgan fingerprint density at radius 1 is 1.21 bits per heavy atom. The van der Waals surface area contributed by atoms with E-state index in [9.17, 15) is 4.79 Å². The summed E-state index contributed by atoms with van der Waals surface area (Å²) >= 11 is 0. The highest BCUT2D eigenvalue weighted by Crippen LogP contribution is 2.32. The lowest BCUT2D eigenvalue weighted by Gasteiger charge is -2.33. The van der Waals surface area contributed by atoms with Gasteiger partial charge in [-0.1, -0.05) is 28.9 Å². The van der Waals surface area contributed by atoms with Gasteiger partial charge in [0.1, 0.15) is 11.8 Å². The summed E-state index contributed by atoms with van der Waals surface area (Å²) in [5, 5.41) is 7.09. The van der Waals surface area contributed by atoms with Gasteiger partial charge in [-0.3, -0.25) is 0 Å². The average Bonchev–Trinajstić information content (AvgIpc) is 3.24. The smallest absolute Gasteiger partial charge is 0.322 e. The Bertz CT molecular complexity index is 984. The van der Waals surface area contributed by atoms with Crippen LogP contribution in [-0.4, -0.2) is 34.7 Å². The summed E-state index contributed by atoms with van der Waals surface area (Å²) < 4.78 is 10.7. The molecule has 7 nitrogen and oxygen atoms in total. The number of hydrogen-bond acceptors (Lipinski definition) is 5. The second kappa shape index (κ2) is 8.34. The van der Waals surface area contributed by atoms with Gasteiger partial charge >= 0.3 is 6.03 Å². The van der Waals surface area contributed by atoms with Crippen LogP contribution in [0.25, 0.3) is 11.4 Å². The first-order chi connectivity index (χ1) is 14.1. The van der Waals surface area contributed by atoms with Gasteiger partial charge in [0, 0.05) is 17.8 Å². The molecule has 1 aromatic heterocycles. The fourth-order valence-electron chi connectivity index (χ4n) is 3.57. The lowest BCUT2D eigenvalue weighted by atomic mass is 10.0. The first-order valence-electron chi connectivity index (χ1n) is 9.76. The Labute approximate surface area is 169 Å². The molecule has 1 aliphatic rings. The van der Waals surface area contributed by atoms with Crippen LogP contribution in [0.4, 0.5) is 10.5 Å². The van der Waals surface area contributed by atoms with Crippen LogP contribution >= 0.6 is 0 Å². The Kier molecular flexibility index (Phi) is 5.46. The molecule has 29 heavy (non-hydrogen) atoms. The van der Waals surface area contributed by atoms with Crippen molar-refractivity contribution in [1.82, 2.24) is 15.0 Å². The Morgan fingerprint density at radius 3 is 2.79 bits per heavy atom. The topological polar surface area (TPSA) is 80.5 Å². The quantitative estimate of drug-likeness (QED) is 0.689. The molecule has 2 amide bonds. The fourth-order valence-corrected chi connectivity index (χ4v) is 3.57. The maximum Gasteiger partial charge on any atom is 0.322 e. The minimum absolute atomic E-state index is 0.171. The molecule has 4 rings (SSSR count). The zero-order valence-electron chi connectivity index (χ0n) is 16.6. The van der Waals surface area contributed by atoms with Crippen molar-refractivity contribution in [3.8, 4) is 17.1 Å². The van der Waals surface area contributed by atoms with Crippen LogP contribution in [0.3, 0.4) is 0 Å². The van der Waals surface area contributed by atoms with E-state index in [4.69, 9.17) is 9.26 Å². The molecule has 1 atom stereocenters. The Morgan fingerprint density at radius 2 is 2.03 bits per heavy atom. The molecule has 0 unspecified atom stereocenters. The molecule has 1 aliphatic heterocycles. The number of likely N-dealkylation sites (tertiary alicyclic amines) is 1. The molecule has 1 N–H and O–H groups in total. The molecule has 1 saturated heterocycles. The number of aryl methyl sites for hydroxylation is 1. The van der Waals surface area contributed by atoms with Crippen LogP contribution in [0, 0.1) is 6.92 Å². The number of methoxy groups -OCH3 is 1. The van der Waals surface area contributed by atoms with E-state index in [1.807, 2.05) is 55.5 Å². The number of carbonyl (C=O) groups is 1. The fraction of sp³-hybridized carbons (Fsp3) is 0.318. The molecule has 0 spiro atoms. The van der Waals surface area contributed by atoms with Crippen LogP contribution in [0.5, 0.6) is 5.75 Å². The number of nitrogens with one attached hydrogen (secondary N) is 1. The number of benzene rings is 2. The standard InChI is InChI=1S/C22H24N4O3/c1-15-6-5-7-16(14-15)20-24-21(29-25-20)19-8-3-4-13-26(19)22(27)23-17-9-11-18(28-2)12-10-17/h5-7,9-12,14,19H,3-4,8,13H2,1-2H3,(H,23,27)/t19-/m1/s1. The zero-order chi connectivity index (χ0) is 20.2. The van der Waals surface area contributed by atoms with Gasteiger partial charge < -0.3 is 19.5 Å². The van der Waals surface area contributed by atoms with Gasteiger partial charge in [0.15, 0.2) is 0 Å². The summed E-state index contributed by atoms with van der Waals surface area (Å²) in [6, 6.07) is 14.8. The molecule has 7 heteroatoms. The van der Waals surface area contributed by atoms with Gasteiger partial charge in [-0.2, -0.15) is 4.98 Å². The maximum atomic E-state index is 12.9. The monoisotopic (exact) mass is 392 g/mol. The van der Waals surface area contributed by atoms with Crippen LogP contribution < -0.4 is 10.1 Å². The summed E-state index contributed by atoms with van der Waals surface area (Å²) in [5.41, 5.74) is 2.75. The highest BCUT2D eigenvalue weighted by Gasteiger charge is 2.32. The van der Waals surface area contributed by atoms with Crippen molar-refractivity contribution in [2.75, 3.05) is 19.0 Å². The van der Waals surface area contributed by atoms with Gasteiger partial charge in [-0.25, -0.2) is 4.79 Å². The van der Waals surface area contributed by atoms with Gasteiger partial charge in [-0.15, -0.1) is 0 Å². The maximum absolute atomic E-state index is 12.9. The number of urea groups is 1. The van der Waals surface area contributed by atoms with Crippen molar-refractivity contribution in [3.05, 3.63) is 60.0 Å². The number of ether oxygens (including phenoxy) is 1. The number of hydrogen-bond donors (Lipinski definition) is 1. The number of nitrogens with zero attached hydrogens (tertiary/aromatic N) is 3. The van der Waals surface area contributed by atoms with Crippen molar-refractivity contribution in [2.45, 2.75) is 32.2 Å². The second-order valence-corrected chi connectivity index (χ2v) is 7.19. The number of rotatable bonds is 4. The minimum Gasteiger partial charge on any atom is -0.497 e. The zero-order valence-corrected chi connectivity index (χ0v) is 16.6. The minimum atomic E-state index is -0.229. The van der Waals surface area contributed by atoms with Crippen LogP contribution in [0.2, 0.25) is 0 Å². The molecular formula is C22H24N4O3. The summed E-state index contributed by atoms with van der Waals surface area (Å²) in [4.78, 5) is 19.3. The van der Waals surface area contributed by atoms with Crippen molar-refractivity contribution >= 4 is 11.7 Å². The molecule has 0 aliphatic carbocycles. The van der Waals surface area contributed by atoms with Crippen molar-refractivity contribution in [3.63, 3.8) is 0 Å². The van der Waals surface area contributed by atoms with E-state index in [2.05, 4.69) is 15.5 Å². The number of carbonyl (C=O) groups excluding carboxylic acids is 1. The van der Waals surface area contributed by atoms with E-state index in [0.29, 0.717) is 23.9 Å².